The number of nitrogens with zero attached hydrogens (tertiary/aromatic N) is 2. The van der Waals surface area contributed by atoms with E-state index >= 15 is 0 Å². The summed E-state index contributed by atoms with van der Waals surface area (Å²) in [6.45, 7) is 0. The van der Waals surface area contributed by atoms with Crippen molar-refractivity contribution in [1.29, 1.82) is 0 Å². The lowest BCUT2D eigenvalue weighted by molar-refractivity contribution is 0.0696. The first-order chi connectivity index (χ1) is 8.06. The Bertz CT molecular complexity index is 566. The molecule has 0 atom stereocenters. The molecule has 1 aromatic heterocycles. The molecule has 2 rings (SSSR count). The van der Waals surface area contributed by atoms with Gasteiger partial charge in [-0.2, -0.15) is 5.10 Å². The molecule has 0 unspecified atom stereocenters. The van der Waals surface area contributed by atoms with Crippen LogP contribution in [0.4, 0.5) is 0 Å². The molecule has 0 saturated heterocycles. The number of hydrogen-bond donors (Lipinski definition) is 1. The maximum absolute atomic E-state index is 10.8. The first-order valence-electron chi connectivity index (χ1n) is 4.75. The summed E-state index contributed by atoms with van der Waals surface area (Å²) < 4.78 is 7.61. The predicted molar refractivity (Wildman–Crippen MR) is 64.4 cm³/mol. The highest BCUT2D eigenvalue weighted by Gasteiger charge is 2.09. The van der Waals surface area contributed by atoms with Gasteiger partial charge in [0.15, 0.2) is 5.75 Å². The minimum atomic E-state index is -0.982. The third-order valence-electron chi connectivity index (χ3n) is 2.09. The fourth-order valence-corrected chi connectivity index (χ4v) is 1.85. The largest absolute Gasteiger partial charge is 0.478 e. The van der Waals surface area contributed by atoms with E-state index < -0.39 is 5.97 Å². The zero-order valence-corrected chi connectivity index (χ0v) is 10.5. The SMILES string of the molecule is Cn1cc(Oc2ccc(C(=O)O)c(Br)c2)cn1. The van der Waals surface area contributed by atoms with Crippen molar-refractivity contribution < 1.29 is 14.6 Å². The van der Waals surface area contributed by atoms with Gasteiger partial charge in [0.05, 0.1) is 18.0 Å². The van der Waals surface area contributed by atoms with E-state index in [1.165, 1.54) is 6.07 Å². The van der Waals surface area contributed by atoms with E-state index in [4.69, 9.17) is 9.84 Å². The molecule has 17 heavy (non-hydrogen) atoms. The Balaban J connectivity index is 2.23. The van der Waals surface area contributed by atoms with Crippen molar-refractivity contribution in [3.05, 3.63) is 40.6 Å². The van der Waals surface area contributed by atoms with Gasteiger partial charge in [-0.05, 0) is 34.1 Å². The van der Waals surface area contributed by atoms with Gasteiger partial charge in [-0.3, -0.25) is 4.68 Å². The Kier molecular flexibility index (Phi) is 3.14. The van der Waals surface area contributed by atoms with Gasteiger partial charge in [0.2, 0.25) is 0 Å². The lowest BCUT2D eigenvalue weighted by atomic mass is 10.2. The highest BCUT2D eigenvalue weighted by molar-refractivity contribution is 9.10. The van der Waals surface area contributed by atoms with E-state index in [1.54, 1.807) is 36.3 Å². The van der Waals surface area contributed by atoms with E-state index in [0.717, 1.165) is 0 Å². The van der Waals surface area contributed by atoms with Gasteiger partial charge in [0, 0.05) is 11.5 Å². The summed E-state index contributed by atoms with van der Waals surface area (Å²) in [5, 5.41) is 12.8. The van der Waals surface area contributed by atoms with Gasteiger partial charge in [0.25, 0.3) is 0 Å². The molecule has 88 valence electrons. The fourth-order valence-electron chi connectivity index (χ4n) is 1.32. The highest BCUT2D eigenvalue weighted by Crippen LogP contribution is 2.26. The van der Waals surface area contributed by atoms with Gasteiger partial charge in [-0.15, -0.1) is 0 Å². The quantitative estimate of drug-likeness (QED) is 0.946. The van der Waals surface area contributed by atoms with Crippen LogP contribution in [0.5, 0.6) is 11.5 Å². The molecule has 0 spiro atoms. The van der Waals surface area contributed by atoms with Crippen LogP contribution in [0, 0.1) is 0 Å². The van der Waals surface area contributed by atoms with Gasteiger partial charge >= 0.3 is 5.97 Å². The molecule has 0 aliphatic carbocycles. The van der Waals surface area contributed by atoms with Crippen molar-refractivity contribution in [3.8, 4) is 11.5 Å². The number of aromatic carboxylic acids is 1. The maximum Gasteiger partial charge on any atom is 0.336 e. The van der Waals surface area contributed by atoms with E-state index in [9.17, 15) is 4.79 Å². The second-order valence-electron chi connectivity index (χ2n) is 3.40. The molecule has 5 nitrogen and oxygen atoms in total. The number of hydrogen-bond acceptors (Lipinski definition) is 3. The third-order valence-corrected chi connectivity index (χ3v) is 2.74. The molecule has 0 radical (unpaired) electrons. The average molecular weight is 297 g/mol. The van der Waals surface area contributed by atoms with E-state index in [1.807, 2.05) is 0 Å². The molecule has 1 aromatic carbocycles. The standard InChI is InChI=1S/C11H9BrN2O3/c1-14-6-8(5-13-14)17-7-2-3-9(11(15)16)10(12)4-7/h2-6H,1H3,(H,15,16). The number of aromatic nitrogens is 2. The summed E-state index contributed by atoms with van der Waals surface area (Å²) in [5.74, 6) is 0.169. The monoisotopic (exact) mass is 296 g/mol. The lowest BCUT2D eigenvalue weighted by Crippen LogP contribution is -1.97. The maximum atomic E-state index is 10.8. The van der Waals surface area contributed by atoms with Crippen molar-refractivity contribution in [2.24, 2.45) is 7.05 Å². The second-order valence-corrected chi connectivity index (χ2v) is 4.25. The van der Waals surface area contributed by atoms with Crippen molar-refractivity contribution in [1.82, 2.24) is 9.78 Å². The number of carbonyl (C=O) groups is 1. The third kappa shape index (κ3) is 2.65. The average Bonchev–Trinajstić information content (AvgIpc) is 2.63. The van der Waals surface area contributed by atoms with Gasteiger partial charge < -0.3 is 9.84 Å². The topological polar surface area (TPSA) is 64.3 Å². The summed E-state index contributed by atoms with van der Waals surface area (Å²) in [5.41, 5.74) is 0.198. The van der Waals surface area contributed by atoms with Crippen LogP contribution in [0.3, 0.4) is 0 Å². The molecular formula is C11H9BrN2O3. The van der Waals surface area contributed by atoms with E-state index in [0.29, 0.717) is 16.0 Å². The Morgan fingerprint density at radius 3 is 2.76 bits per heavy atom. The summed E-state index contributed by atoms with van der Waals surface area (Å²) >= 11 is 3.18. The molecule has 0 amide bonds. The number of ether oxygens (including phenoxy) is 1. The first-order valence-corrected chi connectivity index (χ1v) is 5.55. The number of halogens is 1. The summed E-state index contributed by atoms with van der Waals surface area (Å²) in [7, 11) is 1.79. The van der Waals surface area contributed by atoms with Crippen LogP contribution in [0.15, 0.2) is 35.1 Å². The molecule has 0 aliphatic heterocycles. The van der Waals surface area contributed by atoms with Gasteiger partial charge in [-0.1, -0.05) is 0 Å². The zero-order chi connectivity index (χ0) is 12.4. The van der Waals surface area contributed by atoms with Crippen molar-refractivity contribution in [3.63, 3.8) is 0 Å². The van der Waals surface area contributed by atoms with Crippen molar-refractivity contribution in [2.45, 2.75) is 0 Å². The Hall–Kier alpha value is -1.82. The van der Waals surface area contributed by atoms with Crippen molar-refractivity contribution >= 4 is 21.9 Å². The molecule has 0 bridgehead atoms. The van der Waals surface area contributed by atoms with Crippen LogP contribution in [0.1, 0.15) is 10.4 Å². The number of carboxylic acid groups (broad SMARTS) is 1. The van der Waals surface area contributed by atoms with Gasteiger partial charge in [-0.25, -0.2) is 4.79 Å². The van der Waals surface area contributed by atoms with Crippen LogP contribution in [0.25, 0.3) is 0 Å². The fraction of sp³-hybridized carbons (Fsp3) is 0.0909. The van der Waals surface area contributed by atoms with Gasteiger partial charge in [0.1, 0.15) is 5.75 Å². The summed E-state index contributed by atoms with van der Waals surface area (Å²) in [4.78, 5) is 10.8. The van der Waals surface area contributed by atoms with E-state index in [-0.39, 0.29) is 5.56 Å². The van der Waals surface area contributed by atoms with Crippen LogP contribution in [-0.4, -0.2) is 20.9 Å². The molecular weight excluding hydrogens is 288 g/mol. The summed E-state index contributed by atoms with van der Waals surface area (Å²) in [6, 6.07) is 4.69. The first kappa shape index (κ1) is 11.7. The Morgan fingerprint density at radius 1 is 1.47 bits per heavy atom. The van der Waals surface area contributed by atoms with E-state index in [2.05, 4.69) is 21.0 Å². The number of aryl methyl sites for hydroxylation is 1. The highest BCUT2D eigenvalue weighted by atomic mass is 79.9. The predicted octanol–water partition coefficient (Wildman–Crippen LogP) is 2.67. The minimum Gasteiger partial charge on any atom is -0.478 e. The number of benzene rings is 1. The summed E-state index contributed by atoms with van der Waals surface area (Å²) in [6.07, 6.45) is 3.30. The molecule has 0 aliphatic rings. The molecule has 0 saturated carbocycles. The van der Waals surface area contributed by atoms with Crippen LogP contribution in [-0.2, 0) is 7.05 Å². The van der Waals surface area contributed by atoms with Crippen LogP contribution < -0.4 is 4.74 Å². The Labute approximate surface area is 106 Å². The minimum absolute atomic E-state index is 0.198. The lowest BCUT2D eigenvalue weighted by Gasteiger charge is -2.04. The normalized spacial score (nSPS) is 10.2. The van der Waals surface area contributed by atoms with Crippen LogP contribution >= 0.6 is 15.9 Å². The number of carboxylic acids is 1. The molecule has 2 aromatic rings. The van der Waals surface area contributed by atoms with Crippen LogP contribution in [0.2, 0.25) is 0 Å². The Morgan fingerprint density at radius 2 is 2.24 bits per heavy atom. The second kappa shape index (κ2) is 4.58. The zero-order valence-electron chi connectivity index (χ0n) is 8.92. The molecule has 1 N–H and O–H groups in total. The molecule has 1 heterocycles. The number of rotatable bonds is 3. The molecule has 6 heteroatoms. The van der Waals surface area contributed by atoms with Crippen molar-refractivity contribution in [2.75, 3.05) is 0 Å². The smallest absolute Gasteiger partial charge is 0.336 e. The molecule has 0 fully saturated rings.